The summed E-state index contributed by atoms with van der Waals surface area (Å²) in [5.41, 5.74) is 1.92. The van der Waals surface area contributed by atoms with Gasteiger partial charge in [-0.1, -0.05) is 34.1 Å². The van der Waals surface area contributed by atoms with E-state index >= 15 is 0 Å². The SMILES string of the molecule is O=C(O)CCCC(=O)N1N=C(c2cccs2)CC1c1ccc(Br)cc1. The van der Waals surface area contributed by atoms with E-state index in [4.69, 9.17) is 5.11 Å². The third-order valence-electron chi connectivity index (χ3n) is 4.01. The van der Waals surface area contributed by atoms with Crippen LogP contribution in [0.5, 0.6) is 0 Å². The lowest BCUT2D eigenvalue weighted by Gasteiger charge is -2.22. The molecule has 1 amide bonds. The highest BCUT2D eigenvalue weighted by atomic mass is 79.9. The average molecular weight is 421 g/mol. The van der Waals surface area contributed by atoms with Crippen molar-refractivity contribution in [3.05, 3.63) is 56.7 Å². The third-order valence-corrected chi connectivity index (χ3v) is 5.46. The summed E-state index contributed by atoms with van der Waals surface area (Å²) in [6.07, 6.45) is 1.15. The fraction of sp³-hybridized carbons (Fsp3) is 0.278. The molecular formula is C18H17BrN2O3S. The Morgan fingerprint density at radius 3 is 2.64 bits per heavy atom. The van der Waals surface area contributed by atoms with E-state index in [9.17, 15) is 9.59 Å². The number of benzene rings is 1. The molecule has 7 heteroatoms. The minimum atomic E-state index is -0.888. The van der Waals surface area contributed by atoms with Gasteiger partial charge in [-0.2, -0.15) is 5.10 Å². The molecule has 5 nitrogen and oxygen atoms in total. The van der Waals surface area contributed by atoms with Gasteiger partial charge in [-0.25, -0.2) is 5.01 Å². The molecule has 0 radical (unpaired) electrons. The zero-order chi connectivity index (χ0) is 17.8. The number of carbonyl (C=O) groups is 2. The largest absolute Gasteiger partial charge is 0.481 e. The summed E-state index contributed by atoms with van der Waals surface area (Å²) in [6, 6.07) is 11.7. The van der Waals surface area contributed by atoms with Crippen molar-refractivity contribution in [2.45, 2.75) is 31.7 Å². The maximum Gasteiger partial charge on any atom is 0.303 e. The van der Waals surface area contributed by atoms with Gasteiger partial charge in [0.15, 0.2) is 0 Å². The monoisotopic (exact) mass is 420 g/mol. The maximum absolute atomic E-state index is 12.6. The number of nitrogens with zero attached hydrogens (tertiary/aromatic N) is 2. The summed E-state index contributed by atoms with van der Waals surface area (Å²) in [5, 5.41) is 16.8. The van der Waals surface area contributed by atoms with Gasteiger partial charge in [-0.3, -0.25) is 9.59 Å². The minimum Gasteiger partial charge on any atom is -0.481 e. The lowest BCUT2D eigenvalue weighted by molar-refractivity contribution is -0.137. The van der Waals surface area contributed by atoms with Gasteiger partial charge >= 0.3 is 5.97 Å². The Bertz CT molecular complexity index is 787. The van der Waals surface area contributed by atoms with Gasteiger partial charge in [0.1, 0.15) is 0 Å². The molecule has 1 aromatic carbocycles. The van der Waals surface area contributed by atoms with Crippen molar-refractivity contribution in [1.29, 1.82) is 0 Å². The van der Waals surface area contributed by atoms with E-state index in [0.29, 0.717) is 12.8 Å². The van der Waals surface area contributed by atoms with Crippen molar-refractivity contribution >= 4 is 44.9 Å². The quantitative estimate of drug-likeness (QED) is 0.750. The number of halogens is 1. The van der Waals surface area contributed by atoms with Crippen LogP contribution in [0.4, 0.5) is 0 Å². The highest BCUT2D eigenvalue weighted by Gasteiger charge is 2.33. The van der Waals surface area contributed by atoms with Gasteiger partial charge in [0.25, 0.3) is 0 Å². The van der Waals surface area contributed by atoms with Crippen LogP contribution in [0.25, 0.3) is 0 Å². The molecule has 1 aliphatic heterocycles. The second-order valence-corrected chi connectivity index (χ2v) is 7.64. The molecule has 3 rings (SSSR count). The van der Waals surface area contributed by atoms with Crippen LogP contribution in [-0.2, 0) is 9.59 Å². The molecule has 1 aromatic heterocycles. The van der Waals surface area contributed by atoms with Gasteiger partial charge in [0.2, 0.25) is 5.91 Å². The van der Waals surface area contributed by atoms with Crippen LogP contribution in [0.3, 0.4) is 0 Å². The number of rotatable bonds is 6. The lowest BCUT2D eigenvalue weighted by atomic mass is 10.0. The summed E-state index contributed by atoms with van der Waals surface area (Å²) >= 11 is 5.03. The molecule has 130 valence electrons. The third kappa shape index (κ3) is 4.35. The Balaban J connectivity index is 1.81. The van der Waals surface area contributed by atoms with Crippen molar-refractivity contribution in [3.63, 3.8) is 0 Å². The van der Waals surface area contributed by atoms with Crippen LogP contribution >= 0.6 is 27.3 Å². The number of hydrogen-bond acceptors (Lipinski definition) is 4. The van der Waals surface area contributed by atoms with Crippen molar-refractivity contribution in [3.8, 4) is 0 Å². The molecule has 1 N–H and O–H groups in total. The Morgan fingerprint density at radius 1 is 1.24 bits per heavy atom. The number of carbonyl (C=O) groups excluding carboxylic acids is 1. The smallest absolute Gasteiger partial charge is 0.303 e. The molecule has 2 aromatic rings. The van der Waals surface area contributed by atoms with E-state index in [1.54, 1.807) is 11.3 Å². The van der Waals surface area contributed by atoms with E-state index in [1.807, 2.05) is 41.8 Å². The Labute approximate surface area is 158 Å². The molecule has 0 fully saturated rings. The van der Waals surface area contributed by atoms with Crippen LogP contribution in [0.2, 0.25) is 0 Å². The Kier molecular flexibility index (Phi) is 5.65. The Morgan fingerprint density at radius 2 is 2.00 bits per heavy atom. The fourth-order valence-corrected chi connectivity index (χ4v) is 3.77. The molecule has 1 unspecified atom stereocenters. The van der Waals surface area contributed by atoms with Gasteiger partial charge in [-0.15, -0.1) is 11.3 Å². The first-order valence-corrected chi connectivity index (χ1v) is 9.62. The molecule has 2 heterocycles. The van der Waals surface area contributed by atoms with Gasteiger partial charge in [0, 0.05) is 23.7 Å². The number of amides is 1. The van der Waals surface area contributed by atoms with E-state index in [2.05, 4.69) is 21.0 Å². The second kappa shape index (κ2) is 7.93. The van der Waals surface area contributed by atoms with Crippen LogP contribution in [0.1, 0.15) is 42.2 Å². The maximum atomic E-state index is 12.6. The predicted octanol–water partition coefficient (Wildman–Crippen LogP) is 4.44. The van der Waals surface area contributed by atoms with E-state index in [1.165, 1.54) is 5.01 Å². The van der Waals surface area contributed by atoms with Crippen molar-refractivity contribution in [2.75, 3.05) is 0 Å². The van der Waals surface area contributed by atoms with E-state index in [-0.39, 0.29) is 24.8 Å². The summed E-state index contributed by atoms with van der Waals surface area (Å²) in [6.45, 7) is 0. The highest BCUT2D eigenvalue weighted by molar-refractivity contribution is 9.10. The molecule has 1 aliphatic rings. The van der Waals surface area contributed by atoms with Crippen LogP contribution in [0.15, 0.2) is 51.4 Å². The van der Waals surface area contributed by atoms with Crippen LogP contribution in [0, 0.1) is 0 Å². The van der Waals surface area contributed by atoms with Gasteiger partial charge < -0.3 is 5.11 Å². The topological polar surface area (TPSA) is 70.0 Å². The van der Waals surface area contributed by atoms with E-state index < -0.39 is 5.97 Å². The zero-order valence-corrected chi connectivity index (χ0v) is 15.8. The number of hydrazone groups is 1. The highest BCUT2D eigenvalue weighted by Crippen LogP contribution is 2.34. The first-order chi connectivity index (χ1) is 12.0. The van der Waals surface area contributed by atoms with Crippen LogP contribution in [-0.4, -0.2) is 27.7 Å². The minimum absolute atomic E-state index is 0.00989. The lowest BCUT2D eigenvalue weighted by Crippen LogP contribution is -2.27. The average Bonchev–Trinajstić information content (AvgIpc) is 3.24. The van der Waals surface area contributed by atoms with Crippen molar-refractivity contribution in [2.24, 2.45) is 5.10 Å². The molecule has 1 atom stereocenters. The summed E-state index contributed by atoms with van der Waals surface area (Å²) < 4.78 is 0.980. The van der Waals surface area contributed by atoms with Gasteiger partial charge in [-0.05, 0) is 35.6 Å². The molecule has 0 spiro atoms. The summed E-state index contributed by atoms with van der Waals surface area (Å²) in [4.78, 5) is 24.3. The summed E-state index contributed by atoms with van der Waals surface area (Å²) in [5.74, 6) is -1.03. The molecule has 0 saturated heterocycles. The first kappa shape index (κ1) is 17.8. The Hall–Kier alpha value is -1.99. The molecular weight excluding hydrogens is 404 g/mol. The standard InChI is InChI=1S/C18H17BrN2O3S/c19-13-8-6-12(7-9-13)15-11-14(16-3-2-10-25-16)20-21(15)17(22)4-1-5-18(23)24/h2-3,6-10,15H,1,4-5,11H2,(H,23,24). The van der Waals surface area contributed by atoms with Crippen molar-refractivity contribution in [1.82, 2.24) is 5.01 Å². The number of thiophene rings is 1. The number of aliphatic carboxylic acids is 1. The number of carboxylic acids is 1. The fourth-order valence-electron chi connectivity index (χ4n) is 2.78. The van der Waals surface area contributed by atoms with Crippen molar-refractivity contribution < 1.29 is 14.7 Å². The summed E-state index contributed by atoms with van der Waals surface area (Å²) in [7, 11) is 0. The number of carboxylic acid groups (broad SMARTS) is 1. The van der Waals surface area contributed by atoms with E-state index in [0.717, 1.165) is 20.6 Å². The predicted molar refractivity (Wildman–Crippen MR) is 101 cm³/mol. The van der Waals surface area contributed by atoms with Crippen LogP contribution < -0.4 is 0 Å². The zero-order valence-electron chi connectivity index (χ0n) is 13.4. The molecule has 0 bridgehead atoms. The first-order valence-electron chi connectivity index (χ1n) is 7.95. The van der Waals surface area contributed by atoms with Gasteiger partial charge in [0.05, 0.1) is 16.6 Å². The normalized spacial score (nSPS) is 16.8. The molecule has 0 saturated carbocycles. The molecule has 25 heavy (non-hydrogen) atoms. The molecule has 0 aliphatic carbocycles. The second-order valence-electron chi connectivity index (χ2n) is 5.78. The number of hydrogen-bond donors (Lipinski definition) is 1.